The molecule has 4 heteroatoms. The first-order valence-corrected chi connectivity index (χ1v) is 7.46. The van der Waals surface area contributed by atoms with Gasteiger partial charge < -0.3 is 14.8 Å². The molecule has 0 amide bonds. The Balaban J connectivity index is 1.74. The molecule has 0 radical (unpaired) electrons. The Hall–Kier alpha value is -0.450. The number of aliphatic hydroxyl groups is 1. The molecule has 0 saturated carbocycles. The van der Waals surface area contributed by atoms with Crippen LogP contribution < -0.4 is 5.32 Å². The van der Waals surface area contributed by atoms with E-state index in [-0.39, 0.29) is 0 Å². The van der Waals surface area contributed by atoms with Crippen LogP contribution in [0.15, 0.2) is 16.5 Å². The Bertz CT molecular complexity index is 345. The topological polar surface area (TPSA) is 45.4 Å². The second kappa shape index (κ2) is 5.94. The first-order valence-electron chi connectivity index (χ1n) is 6.30. The molecule has 0 aromatic carbocycles. The van der Waals surface area contributed by atoms with Gasteiger partial charge in [-0.05, 0) is 36.5 Å². The van der Waals surface area contributed by atoms with Gasteiger partial charge in [-0.3, -0.25) is 0 Å². The van der Waals surface area contributed by atoms with E-state index in [2.05, 4.69) is 12.2 Å². The van der Waals surface area contributed by atoms with Gasteiger partial charge in [0.25, 0.3) is 0 Å². The summed E-state index contributed by atoms with van der Waals surface area (Å²) in [4.78, 5) is 0. The van der Waals surface area contributed by atoms with Crippen molar-refractivity contribution < 1.29 is 9.52 Å². The van der Waals surface area contributed by atoms with Gasteiger partial charge in [0.2, 0.25) is 0 Å². The van der Waals surface area contributed by atoms with E-state index in [4.69, 9.17) is 4.42 Å². The highest BCUT2D eigenvalue weighted by atomic mass is 32.2. The van der Waals surface area contributed by atoms with Gasteiger partial charge >= 0.3 is 0 Å². The summed E-state index contributed by atoms with van der Waals surface area (Å²) in [6.07, 6.45) is 2.72. The predicted molar refractivity (Wildman–Crippen MR) is 71.3 cm³/mol. The van der Waals surface area contributed by atoms with Gasteiger partial charge in [-0.1, -0.05) is 6.92 Å². The van der Waals surface area contributed by atoms with Crippen LogP contribution in [-0.4, -0.2) is 28.8 Å². The van der Waals surface area contributed by atoms with Crippen LogP contribution in [0.5, 0.6) is 0 Å². The second-order valence-corrected chi connectivity index (χ2v) is 5.89. The molecule has 0 unspecified atom stereocenters. The minimum absolute atomic E-state index is 0.509. The standard InChI is InChI=1S/C13H21NO2S/c1-2-11-3-4-12(16-11)9-14-10-13(15)5-7-17-8-6-13/h3-4,14-15H,2,5-10H2,1H3. The molecular formula is C13H21NO2S. The van der Waals surface area contributed by atoms with Gasteiger partial charge in [-0.2, -0.15) is 11.8 Å². The molecule has 2 N–H and O–H groups in total. The van der Waals surface area contributed by atoms with Crippen molar-refractivity contribution in [2.24, 2.45) is 0 Å². The van der Waals surface area contributed by atoms with Crippen molar-refractivity contribution in [2.75, 3.05) is 18.1 Å². The molecule has 1 saturated heterocycles. The molecule has 1 fully saturated rings. The van der Waals surface area contributed by atoms with Gasteiger partial charge in [0.05, 0.1) is 12.1 Å². The fourth-order valence-corrected chi connectivity index (χ4v) is 3.31. The van der Waals surface area contributed by atoms with E-state index in [1.807, 2.05) is 23.9 Å². The third-order valence-electron chi connectivity index (χ3n) is 3.24. The number of hydrogen-bond acceptors (Lipinski definition) is 4. The summed E-state index contributed by atoms with van der Waals surface area (Å²) in [7, 11) is 0. The highest BCUT2D eigenvalue weighted by Crippen LogP contribution is 2.26. The molecule has 1 aliphatic rings. The summed E-state index contributed by atoms with van der Waals surface area (Å²) < 4.78 is 5.61. The molecule has 0 bridgehead atoms. The summed E-state index contributed by atoms with van der Waals surface area (Å²) in [5.41, 5.74) is -0.509. The Morgan fingerprint density at radius 3 is 2.71 bits per heavy atom. The van der Waals surface area contributed by atoms with Gasteiger partial charge in [0.15, 0.2) is 0 Å². The van der Waals surface area contributed by atoms with Crippen molar-refractivity contribution in [2.45, 2.75) is 38.3 Å². The number of hydrogen-bond donors (Lipinski definition) is 2. The fraction of sp³-hybridized carbons (Fsp3) is 0.692. The van der Waals surface area contributed by atoms with Crippen molar-refractivity contribution in [1.82, 2.24) is 5.32 Å². The monoisotopic (exact) mass is 255 g/mol. The largest absolute Gasteiger partial charge is 0.465 e. The maximum absolute atomic E-state index is 10.3. The lowest BCUT2D eigenvalue weighted by atomic mass is 9.97. The minimum atomic E-state index is -0.509. The number of rotatable bonds is 5. The molecule has 0 aliphatic carbocycles. The molecule has 0 spiro atoms. The molecular weight excluding hydrogens is 234 g/mol. The zero-order chi connectivity index (χ0) is 12.1. The Labute approximate surface area is 107 Å². The molecule has 3 nitrogen and oxygen atoms in total. The third kappa shape index (κ3) is 3.76. The lowest BCUT2D eigenvalue weighted by Crippen LogP contribution is -2.43. The summed E-state index contributed by atoms with van der Waals surface area (Å²) in [6, 6.07) is 4.02. The highest BCUT2D eigenvalue weighted by molar-refractivity contribution is 7.99. The van der Waals surface area contributed by atoms with Crippen molar-refractivity contribution in [3.05, 3.63) is 23.7 Å². The van der Waals surface area contributed by atoms with Gasteiger partial charge in [-0.25, -0.2) is 0 Å². The summed E-state index contributed by atoms with van der Waals surface area (Å²) in [5.74, 6) is 4.11. The van der Waals surface area contributed by atoms with Crippen LogP contribution in [0.1, 0.15) is 31.3 Å². The second-order valence-electron chi connectivity index (χ2n) is 4.66. The minimum Gasteiger partial charge on any atom is -0.465 e. The van der Waals surface area contributed by atoms with E-state index >= 15 is 0 Å². The van der Waals surface area contributed by atoms with Crippen molar-refractivity contribution in [1.29, 1.82) is 0 Å². The highest BCUT2D eigenvalue weighted by Gasteiger charge is 2.28. The molecule has 2 rings (SSSR count). The zero-order valence-electron chi connectivity index (χ0n) is 10.4. The van der Waals surface area contributed by atoms with Crippen LogP contribution >= 0.6 is 11.8 Å². The van der Waals surface area contributed by atoms with Crippen molar-refractivity contribution in [3.63, 3.8) is 0 Å². The summed E-state index contributed by atoms with van der Waals surface area (Å²) >= 11 is 1.93. The molecule has 1 aliphatic heterocycles. The first-order chi connectivity index (χ1) is 8.22. The van der Waals surface area contributed by atoms with E-state index in [0.29, 0.717) is 13.1 Å². The average Bonchev–Trinajstić information content (AvgIpc) is 2.78. The number of nitrogens with one attached hydrogen (secondary N) is 1. The van der Waals surface area contributed by atoms with E-state index in [1.54, 1.807) is 0 Å². The zero-order valence-corrected chi connectivity index (χ0v) is 11.2. The maximum Gasteiger partial charge on any atom is 0.117 e. The normalized spacial score (nSPS) is 19.4. The van der Waals surface area contributed by atoms with Crippen LogP contribution in [0.2, 0.25) is 0 Å². The molecule has 96 valence electrons. The molecule has 0 atom stereocenters. The Morgan fingerprint density at radius 2 is 2.06 bits per heavy atom. The van der Waals surface area contributed by atoms with Gasteiger partial charge in [0.1, 0.15) is 11.5 Å². The fourth-order valence-electron chi connectivity index (χ4n) is 2.05. The number of aryl methyl sites for hydroxylation is 1. The SMILES string of the molecule is CCc1ccc(CNCC2(O)CCSCC2)o1. The smallest absolute Gasteiger partial charge is 0.117 e. The number of furan rings is 1. The predicted octanol–water partition coefficient (Wildman–Crippen LogP) is 2.19. The Morgan fingerprint density at radius 1 is 1.35 bits per heavy atom. The Kier molecular flexibility index (Phi) is 4.54. The quantitative estimate of drug-likeness (QED) is 0.846. The molecule has 2 heterocycles. The average molecular weight is 255 g/mol. The van der Waals surface area contributed by atoms with E-state index in [0.717, 1.165) is 42.3 Å². The van der Waals surface area contributed by atoms with Crippen LogP contribution in [0.3, 0.4) is 0 Å². The van der Waals surface area contributed by atoms with E-state index < -0.39 is 5.60 Å². The van der Waals surface area contributed by atoms with Gasteiger partial charge in [-0.15, -0.1) is 0 Å². The van der Waals surface area contributed by atoms with Crippen LogP contribution in [0.4, 0.5) is 0 Å². The molecule has 1 aromatic rings. The molecule has 1 aromatic heterocycles. The first kappa shape index (κ1) is 13.0. The lowest BCUT2D eigenvalue weighted by Gasteiger charge is -2.31. The summed E-state index contributed by atoms with van der Waals surface area (Å²) in [6.45, 7) is 3.45. The van der Waals surface area contributed by atoms with Crippen LogP contribution in [-0.2, 0) is 13.0 Å². The third-order valence-corrected chi connectivity index (χ3v) is 4.23. The summed E-state index contributed by atoms with van der Waals surface area (Å²) in [5, 5.41) is 13.6. The lowest BCUT2D eigenvalue weighted by molar-refractivity contribution is 0.0316. The maximum atomic E-state index is 10.3. The molecule has 17 heavy (non-hydrogen) atoms. The van der Waals surface area contributed by atoms with Crippen LogP contribution in [0.25, 0.3) is 0 Å². The number of thioether (sulfide) groups is 1. The van der Waals surface area contributed by atoms with Gasteiger partial charge in [0, 0.05) is 13.0 Å². The van der Waals surface area contributed by atoms with E-state index in [9.17, 15) is 5.11 Å². The van der Waals surface area contributed by atoms with Crippen molar-refractivity contribution in [3.8, 4) is 0 Å². The van der Waals surface area contributed by atoms with Crippen molar-refractivity contribution >= 4 is 11.8 Å². The van der Waals surface area contributed by atoms with E-state index in [1.165, 1.54) is 0 Å². The van der Waals surface area contributed by atoms with Crippen LogP contribution in [0, 0.1) is 0 Å².